The molecule has 0 aliphatic heterocycles. The largest absolute Gasteiger partial charge is 1.20 e. The molecule has 117 heavy (non-hydrogen) atoms. The van der Waals surface area contributed by atoms with Crippen LogP contribution < -0.4 is 32.5 Å². The van der Waals surface area contributed by atoms with Gasteiger partial charge in [-0.05, 0) is 73.9 Å². The van der Waals surface area contributed by atoms with E-state index in [2.05, 4.69) is 45.7 Å². The van der Waals surface area contributed by atoms with Crippen molar-refractivity contribution in [1.29, 1.82) is 0 Å². The van der Waals surface area contributed by atoms with Crippen LogP contribution in [-0.2, 0) is 10.6 Å². The summed E-state index contributed by atoms with van der Waals surface area (Å²) in [5.41, 5.74) is 15.2. The molecular formula is C92H75AlGa3N9O12. The average molecular weight is 1730 g/mol. The number of hydrogen-bond donors (Lipinski definition) is 0. The van der Waals surface area contributed by atoms with Gasteiger partial charge in [0, 0.05) is 34.7 Å². The van der Waals surface area contributed by atoms with E-state index in [1.807, 2.05) is 296 Å². The van der Waals surface area contributed by atoms with E-state index in [1.165, 1.54) is 6.92 Å². The monoisotopic (exact) mass is 1730 g/mol. The van der Waals surface area contributed by atoms with Crippen LogP contribution in [0.5, 0.6) is 51.7 Å². The molecule has 18 rings (SSSR count). The van der Waals surface area contributed by atoms with Crippen LogP contribution in [-0.4, -0.2) is 118 Å². The van der Waals surface area contributed by atoms with Crippen molar-refractivity contribution >= 4 is 171 Å². The van der Waals surface area contributed by atoms with Crippen molar-refractivity contribution in [1.82, 2.24) is 44.9 Å². The Kier molecular flexibility index (Phi) is 23.8. The summed E-state index contributed by atoms with van der Waals surface area (Å²) in [5.74, 6) is 4.76. The molecule has 0 saturated carbocycles. The molecule has 0 spiro atoms. The quantitative estimate of drug-likeness (QED) is 0.0608. The zero-order valence-electron chi connectivity index (χ0n) is 65.7. The summed E-state index contributed by atoms with van der Waals surface area (Å²) in [4.78, 5) is 53.9. The predicted molar refractivity (Wildman–Crippen MR) is 460 cm³/mol. The van der Waals surface area contributed by atoms with E-state index in [9.17, 15) is 4.79 Å². The number of hydrogen-bond acceptors (Lipinski definition) is 21. The first kappa shape index (κ1) is 78.6. The predicted octanol–water partition coefficient (Wildman–Crippen LogP) is 19.9. The summed E-state index contributed by atoms with van der Waals surface area (Å²) >= 11 is -14.1. The summed E-state index contributed by atoms with van der Waals surface area (Å²) in [5, 5.41) is 8.75. The Bertz CT molecular complexity index is 6160. The number of carbonyl (C=O) groups excluding carboxylic acids is 1. The van der Waals surface area contributed by atoms with Crippen LogP contribution in [0.3, 0.4) is 0 Å². The second-order valence-electron chi connectivity index (χ2n) is 28.0. The van der Waals surface area contributed by atoms with E-state index in [4.69, 9.17) is 58.3 Å². The molecule has 25 heteroatoms. The first-order valence-electron chi connectivity index (χ1n) is 38.0. The number of pyridine rings is 9. The van der Waals surface area contributed by atoms with Gasteiger partial charge in [0.05, 0.1) is 0 Å². The fraction of sp³-hybridized carbons (Fsp3) is 0.109. The Hall–Kier alpha value is -12.3. The fourth-order valence-corrected chi connectivity index (χ4v) is 26.1. The second kappa shape index (κ2) is 35.5. The van der Waals surface area contributed by atoms with Crippen molar-refractivity contribution in [3.63, 3.8) is 0 Å². The van der Waals surface area contributed by atoms with Crippen LogP contribution in [0.25, 0.3) is 98.1 Å². The van der Waals surface area contributed by atoms with Gasteiger partial charge in [0.15, 0.2) is 0 Å². The van der Waals surface area contributed by atoms with Crippen LogP contribution >= 0.6 is 0 Å². The molecule has 0 fully saturated rings. The Labute approximate surface area is 698 Å². The minimum absolute atomic E-state index is 0.441. The Morgan fingerprint density at radius 1 is 0.256 bits per heavy atom. The minimum atomic E-state index is -3.87. The van der Waals surface area contributed by atoms with Crippen LogP contribution in [0.2, 0.25) is 0 Å². The van der Waals surface area contributed by atoms with E-state index in [1.54, 1.807) is 18.6 Å². The molecule has 9 aromatic heterocycles. The molecule has 0 aliphatic rings. The van der Waals surface area contributed by atoms with Gasteiger partial charge in [-0.2, -0.15) is 0 Å². The van der Waals surface area contributed by atoms with Gasteiger partial charge in [0.1, 0.15) is 33.8 Å². The molecule has 9 heterocycles. The average Bonchev–Trinajstić information content (AvgIpc) is 0.793. The second-order valence-corrected chi connectivity index (χ2v) is 39.9. The molecule has 0 saturated heterocycles. The summed E-state index contributed by atoms with van der Waals surface area (Å²) in [6, 6.07) is 82.2. The number of fused-ring (bicyclic) bond motifs is 9. The molecule has 18 aromatic rings. The molecule has 9 aromatic carbocycles. The van der Waals surface area contributed by atoms with Crippen molar-refractivity contribution < 1.29 is 43.2 Å². The molecule has 0 bridgehead atoms. The summed E-state index contributed by atoms with van der Waals surface area (Å²) in [6.07, 6.45) is 5.37. The molecule has 0 unspecified atom stereocenters. The van der Waals surface area contributed by atoms with E-state index < -0.39 is 73.1 Å². The van der Waals surface area contributed by atoms with E-state index in [0.717, 1.165) is 138 Å². The number of aromatic nitrogens is 9. The van der Waals surface area contributed by atoms with Gasteiger partial charge >= 0.3 is 499 Å². The van der Waals surface area contributed by atoms with Crippen molar-refractivity contribution in [3.05, 3.63) is 324 Å². The summed E-state index contributed by atoms with van der Waals surface area (Å²) in [7, 11) is 0. The van der Waals surface area contributed by atoms with Crippen molar-refractivity contribution in [3.8, 4) is 51.7 Å². The topological polar surface area (TPSA) is 235 Å². The van der Waals surface area contributed by atoms with Gasteiger partial charge in [-0.3, -0.25) is 15.0 Å². The summed E-state index contributed by atoms with van der Waals surface area (Å²) in [6.45, 7) is 19.2. The maximum Gasteiger partial charge on any atom is 1.20 e. The Morgan fingerprint density at radius 2 is 0.479 bits per heavy atom. The van der Waals surface area contributed by atoms with Crippen LogP contribution in [0.15, 0.2) is 273 Å². The standard InChI is InChI=1S/9C10H9NO.C2H4O2.Al.3Ga.O/c3*1-7-5-6-11-10-8(7)3-2-4-9(10)12;6*1-7-5-6-8-3-2-4-9(12)10(8)11-7;1-2(3)4;;;;;/h9*2-6,12H,1H3;1H3,(H,3,4);;;;;/q;;;;;;;;;;+3;2*+2;+3;/p-10. The maximum absolute atomic E-state index is 11.7. The number of nitrogens with zero attached hydrogens (tertiary/aromatic N) is 9. The number of benzene rings is 9. The molecule has 0 aliphatic carbocycles. The van der Waals surface area contributed by atoms with Gasteiger partial charge < -0.3 is 11.4 Å². The first-order valence-corrected chi connectivity index (χ1v) is 48.3. The van der Waals surface area contributed by atoms with Crippen LogP contribution in [0, 0.1) is 62.3 Å². The first-order chi connectivity index (χ1) is 56.9. The molecule has 0 amide bonds. The van der Waals surface area contributed by atoms with Crippen molar-refractivity contribution in [2.75, 3.05) is 0 Å². The molecule has 21 nitrogen and oxygen atoms in total. The van der Waals surface area contributed by atoms with E-state index in [0.29, 0.717) is 62.8 Å². The molecule has 0 N–H and O–H groups in total. The van der Waals surface area contributed by atoms with Crippen molar-refractivity contribution in [2.24, 2.45) is 0 Å². The smallest absolute Gasteiger partial charge is 0.576 e. The van der Waals surface area contributed by atoms with Crippen LogP contribution in [0.4, 0.5) is 0 Å². The normalized spacial score (nSPS) is 11.1. The van der Waals surface area contributed by atoms with E-state index in [-0.39, 0.29) is 0 Å². The zero-order valence-corrected chi connectivity index (χ0v) is 74.1. The Morgan fingerprint density at radius 3 is 0.718 bits per heavy atom. The maximum atomic E-state index is 11.7. The minimum Gasteiger partial charge on any atom is -0.576 e. The third-order valence-electron chi connectivity index (χ3n) is 19.3. The molecule has 0 radical (unpaired) electrons. The van der Waals surface area contributed by atoms with Gasteiger partial charge in [-0.1, -0.05) is 36.4 Å². The van der Waals surface area contributed by atoms with E-state index >= 15 is 0 Å². The fourth-order valence-electron chi connectivity index (χ4n) is 13.5. The van der Waals surface area contributed by atoms with Gasteiger partial charge in [0.25, 0.3) is 0 Å². The van der Waals surface area contributed by atoms with Gasteiger partial charge in [-0.15, -0.1) is 0 Å². The Balaban J connectivity index is 0.000000137. The third kappa shape index (κ3) is 18.4. The number of para-hydroxylation sites is 9. The van der Waals surface area contributed by atoms with Gasteiger partial charge in [-0.25, -0.2) is 0 Å². The van der Waals surface area contributed by atoms with Crippen molar-refractivity contribution in [2.45, 2.75) is 69.2 Å². The zero-order chi connectivity index (χ0) is 80.6. The number of carbonyl (C=O) groups is 1. The molecular weight excluding hydrogens is 1660 g/mol. The summed E-state index contributed by atoms with van der Waals surface area (Å²) < 4.78 is 71.4. The number of rotatable bonds is 21. The third-order valence-corrected chi connectivity index (χ3v) is 33.1. The molecule has 0 atom stereocenters. The molecule has 572 valence electrons. The SMILES string of the molecule is CC(=O)[O][Ga]([O]c1cccc2ccc(C)nc12)[O]c1cccc2ccc(C)nc12.Cc1ccc2cccc([O][Ga]([O]c3cccc4ccc(C)nc34)[O][Ga]([O]c3cccc4ccc(C)nc34)[O]c3cccc4ccc(C)nc34)c2n1.Cc1ccnc2c([O][Al]([O]c3cccc4c(C)ccnc34)[O]c3cccc4c(C)ccnc34)cccc12. The number of aryl methyl sites for hydroxylation is 9. The van der Waals surface area contributed by atoms with Crippen LogP contribution in [0.1, 0.15) is 57.8 Å². The van der Waals surface area contributed by atoms with Gasteiger partial charge in [0.2, 0.25) is 0 Å².